The van der Waals surface area contributed by atoms with Crippen molar-refractivity contribution in [2.75, 3.05) is 13.7 Å². The maximum atomic E-state index is 11.5. The third-order valence-corrected chi connectivity index (χ3v) is 2.22. The van der Waals surface area contributed by atoms with E-state index in [1.54, 1.807) is 23.3 Å². The van der Waals surface area contributed by atoms with Crippen LogP contribution in [0.25, 0.3) is 0 Å². The quantitative estimate of drug-likeness (QED) is 0.539. The number of allylic oxidation sites excluding steroid dienone is 2. The van der Waals surface area contributed by atoms with Crippen molar-refractivity contribution in [2.45, 2.75) is 20.8 Å². The maximum Gasteiger partial charge on any atom is 0.340 e. The number of carbonyl (C=O) groups is 1. The minimum atomic E-state index is -0.522. The van der Waals surface area contributed by atoms with E-state index in [0.717, 1.165) is 0 Å². The number of rotatable bonds is 2. The van der Waals surface area contributed by atoms with Gasteiger partial charge in [0, 0.05) is 12.7 Å². The summed E-state index contributed by atoms with van der Waals surface area (Å²) < 4.78 is 4.63. The van der Waals surface area contributed by atoms with Crippen molar-refractivity contribution in [1.82, 2.24) is 4.90 Å². The molecule has 92 valence electrons. The van der Waals surface area contributed by atoms with E-state index in [9.17, 15) is 9.59 Å². The Morgan fingerprint density at radius 1 is 1.47 bits per heavy atom. The summed E-state index contributed by atoms with van der Waals surface area (Å²) in [6, 6.07) is 0. The Hall–Kier alpha value is -1.80. The van der Waals surface area contributed by atoms with Crippen molar-refractivity contribution >= 4 is 11.9 Å². The zero-order chi connectivity index (χ0) is 13.1. The highest BCUT2D eigenvalue weighted by molar-refractivity contribution is 5.96. The van der Waals surface area contributed by atoms with E-state index < -0.39 is 5.97 Å². The van der Waals surface area contributed by atoms with E-state index in [1.807, 2.05) is 5.94 Å². The predicted molar refractivity (Wildman–Crippen MR) is 64.6 cm³/mol. The molecule has 0 N–H and O–H groups in total. The molecule has 0 radical (unpaired) electrons. The summed E-state index contributed by atoms with van der Waals surface area (Å²) in [5.74, 6) is 1.29. The van der Waals surface area contributed by atoms with Crippen molar-refractivity contribution in [1.29, 1.82) is 0 Å². The molecule has 1 aliphatic heterocycles. The number of esters is 1. The SMILES string of the molecule is COC(=O)C1=CC=CN(CC(C)(C)C)C1=C=O. The van der Waals surface area contributed by atoms with Crippen LogP contribution in [-0.4, -0.2) is 30.5 Å². The smallest absolute Gasteiger partial charge is 0.340 e. The van der Waals surface area contributed by atoms with Gasteiger partial charge in [-0.3, -0.25) is 0 Å². The van der Waals surface area contributed by atoms with E-state index in [1.165, 1.54) is 7.11 Å². The van der Waals surface area contributed by atoms with Gasteiger partial charge in [0.15, 0.2) is 5.94 Å². The molecule has 0 aliphatic carbocycles. The molecule has 17 heavy (non-hydrogen) atoms. The molecule has 4 nitrogen and oxygen atoms in total. The minimum Gasteiger partial charge on any atom is -0.465 e. The second-order valence-corrected chi connectivity index (χ2v) is 5.05. The first-order valence-corrected chi connectivity index (χ1v) is 5.38. The first-order chi connectivity index (χ1) is 7.89. The molecule has 1 rings (SSSR count). The highest BCUT2D eigenvalue weighted by Gasteiger charge is 2.25. The third-order valence-electron chi connectivity index (χ3n) is 2.22. The monoisotopic (exact) mass is 235 g/mol. The Kier molecular flexibility index (Phi) is 3.92. The average Bonchev–Trinajstić information content (AvgIpc) is 2.25. The first-order valence-electron chi connectivity index (χ1n) is 5.38. The van der Waals surface area contributed by atoms with E-state index in [-0.39, 0.29) is 16.7 Å². The van der Waals surface area contributed by atoms with Crippen molar-refractivity contribution in [3.63, 3.8) is 0 Å². The fraction of sp³-hybridized carbons (Fsp3) is 0.462. The summed E-state index contributed by atoms with van der Waals surface area (Å²) >= 11 is 0. The van der Waals surface area contributed by atoms with Crippen LogP contribution >= 0.6 is 0 Å². The molecule has 0 aromatic heterocycles. The van der Waals surface area contributed by atoms with Crippen LogP contribution in [0, 0.1) is 5.41 Å². The summed E-state index contributed by atoms with van der Waals surface area (Å²) in [6.45, 7) is 6.79. The normalized spacial score (nSPS) is 15.4. The van der Waals surface area contributed by atoms with E-state index in [0.29, 0.717) is 6.54 Å². The number of carbonyl (C=O) groups excluding carboxylic acids is 2. The fourth-order valence-corrected chi connectivity index (χ4v) is 1.58. The van der Waals surface area contributed by atoms with E-state index in [4.69, 9.17) is 0 Å². The molecule has 0 saturated carbocycles. The van der Waals surface area contributed by atoms with Crippen LogP contribution in [0.2, 0.25) is 0 Å². The highest BCUT2D eigenvalue weighted by atomic mass is 16.5. The van der Waals surface area contributed by atoms with Gasteiger partial charge < -0.3 is 9.64 Å². The number of nitrogens with zero attached hydrogens (tertiary/aromatic N) is 1. The number of hydrogen-bond acceptors (Lipinski definition) is 4. The topological polar surface area (TPSA) is 46.6 Å². The highest BCUT2D eigenvalue weighted by Crippen LogP contribution is 2.24. The van der Waals surface area contributed by atoms with Crippen LogP contribution < -0.4 is 0 Å². The summed E-state index contributed by atoms with van der Waals surface area (Å²) in [6.07, 6.45) is 5.04. The largest absolute Gasteiger partial charge is 0.465 e. The van der Waals surface area contributed by atoms with Crippen molar-refractivity contribution in [2.24, 2.45) is 5.41 Å². The number of methoxy groups -OCH3 is 1. The molecule has 0 fully saturated rings. The Morgan fingerprint density at radius 3 is 2.59 bits per heavy atom. The molecule has 0 aromatic rings. The lowest BCUT2D eigenvalue weighted by atomic mass is 9.95. The van der Waals surface area contributed by atoms with Gasteiger partial charge in [-0.15, -0.1) is 0 Å². The second-order valence-electron chi connectivity index (χ2n) is 5.05. The summed E-state index contributed by atoms with van der Waals surface area (Å²) in [4.78, 5) is 24.2. The maximum absolute atomic E-state index is 11.5. The zero-order valence-electron chi connectivity index (χ0n) is 10.6. The van der Waals surface area contributed by atoms with Gasteiger partial charge in [-0.25, -0.2) is 9.59 Å². The van der Waals surface area contributed by atoms with Gasteiger partial charge in [0.05, 0.1) is 12.7 Å². The van der Waals surface area contributed by atoms with E-state index in [2.05, 4.69) is 25.5 Å². The van der Waals surface area contributed by atoms with E-state index >= 15 is 0 Å². The van der Waals surface area contributed by atoms with Crippen LogP contribution in [0.3, 0.4) is 0 Å². The van der Waals surface area contributed by atoms with Crippen molar-refractivity contribution < 1.29 is 14.3 Å². The molecule has 0 unspecified atom stereocenters. The molecule has 4 heteroatoms. The lowest BCUT2D eigenvalue weighted by molar-refractivity contribution is -0.136. The van der Waals surface area contributed by atoms with Gasteiger partial charge in [0.25, 0.3) is 0 Å². The van der Waals surface area contributed by atoms with Crippen LogP contribution in [0.1, 0.15) is 20.8 Å². The lowest BCUT2D eigenvalue weighted by Crippen LogP contribution is -2.31. The lowest BCUT2D eigenvalue weighted by Gasteiger charge is -2.30. The summed E-state index contributed by atoms with van der Waals surface area (Å²) in [5, 5.41) is 0. The first kappa shape index (κ1) is 13.3. The Labute approximate surface area is 101 Å². The van der Waals surface area contributed by atoms with Crippen molar-refractivity contribution in [3.05, 3.63) is 29.6 Å². The van der Waals surface area contributed by atoms with Gasteiger partial charge in [0.2, 0.25) is 0 Å². The molecule has 0 aromatic carbocycles. The van der Waals surface area contributed by atoms with Crippen LogP contribution in [0.15, 0.2) is 29.6 Å². The molecular formula is C13H17NO3. The summed E-state index contributed by atoms with van der Waals surface area (Å²) in [5.41, 5.74) is 0.480. The van der Waals surface area contributed by atoms with Crippen LogP contribution in [0.4, 0.5) is 0 Å². The molecule has 0 amide bonds. The van der Waals surface area contributed by atoms with Gasteiger partial charge in [-0.05, 0) is 17.6 Å². The number of ether oxygens (including phenoxy) is 1. The van der Waals surface area contributed by atoms with Crippen LogP contribution in [0.5, 0.6) is 0 Å². The minimum absolute atomic E-state index is 0.00497. The predicted octanol–water partition coefficient (Wildman–Crippen LogP) is 1.68. The standard InChI is InChI=1S/C13H17NO3/c1-13(2,3)9-14-7-5-6-10(11(14)8-15)12(16)17-4/h5-7H,9H2,1-4H3. The van der Waals surface area contributed by atoms with Gasteiger partial charge >= 0.3 is 5.97 Å². The molecule has 1 heterocycles. The van der Waals surface area contributed by atoms with Gasteiger partial charge in [-0.2, -0.15) is 0 Å². The molecule has 0 atom stereocenters. The van der Waals surface area contributed by atoms with Gasteiger partial charge in [-0.1, -0.05) is 20.8 Å². The second kappa shape index (κ2) is 5.02. The third kappa shape index (κ3) is 3.33. The average molecular weight is 235 g/mol. The molecule has 0 saturated heterocycles. The molecular weight excluding hydrogens is 218 g/mol. The Balaban J connectivity index is 3.01. The number of hydrogen-bond donors (Lipinski definition) is 0. The molecule has 0 spiro atoms. The summed E-state index contributed by atoms with van der Waals surface area (Å²) in [7, 11) is 1.29. The zero-order valence-corrected chi connectivity index (χ0v) is 10.6. The molecule has 1 aliphatic rings. The Morgan fingerprint density at radius 2 is 2.12 bits per heavy atom. The van der Waals surface area contributed by atoms with Gasteiger partial charge in [0.1, 0.15) is 5.70 Å². The van der Waals surface area contributed by atoms with Crippen molar-refractivity contribution in [3.8, 4) is 0 Å². The molecule has 0 bridgehead atoms. The van der Waals surface area contributed by atoms with Crippen LogP contribution in [-0.2, 0) is 14.3 Å². The fourth-order valence-electron chi connectivity index (χ4n) is 1.58. The Bertz CT molecular complexity index is 420.